The summed E-state index contributed by atoms with van der Waals surface area (Å²) in [6, 6.07) is 5.76. The van der Waals surface area contributed by atoms with Gasteiger partial charge >= 0.3 is 6.09 Å². The zero-order valence-corrected chi connectivity index (χ0v) is 14.0. The number of nitrogens with zero attached hydrogens (tertiary/aromatic N) is 1. The molecule has 1 atom stereocenters. The Morgan fingerprint density at radius 1 is 1.26 bits per heavy atom. The van der Waals surface area contributed by atoms with Crippen LogP contribution in [0.3, 0.4) is 0 Å². The van der Waals surface area contributed by atoms with E-state index in [9.17, 15) is 9.59 Å². The number of carbonyl (C=O) groups excluding carboxylic acids is 2. The van der Waals surface area contributed by atoms with Crippen molar-refractivity contribution in [2.75, 3.05) is 11.4 Å². The summed E-state index contributed by atoms with van der Waals surface area (Å²) >= 11 is 0. The number of rotatable bonds is 2. The molecule has 1 aromatic rings. The van der Waals surface area contributed by atoms with E-state index >= 15 is 0 Å². The lowest BCUT2D eigenvalue weighted by Crippen LogP contribution is -2.43. The van der Waals surface area contributed by atoms with Crippen LogP contribution >= 0.6 is 0 Å². The Labute approximate surface area is 137 Å². The largest absolute Gasteiger partial charge is 0.444 e. The highest BCUT2D eigenvalue weighted by Gasteiger charge is 2.35. The summed E-state index contributed by atoms with van der Waals surface area (Å²) in [6.45, 7) is 6.04. The highest BCUT2D eigenvalue weighted by atomic mass is 16.6. The van der Waals surface area contributed by atoms with Gasteiger partial charge in [-0.2, -0.15) is 0 Å². The van der Waals surface area contributed by atoms with Crippen molar-refractivity contribution >= 4 is 17.7 Å². The number of benzene rings is 1. The van der Waals surface area contributed by atoms with Crippen LogP contribution in [0, 0.1) is 0 Å². The Hall–Kier alpha value is -2.04. The summed E-state index contributed by atoms with van der Waals surface area (Å²) in [6.07, 6.45) is 3.48. The minimum Gasteiger partial charge on any atom is -0.444 e. The second-order valence-electron chi connectivity index (χ2n) is 7.28. The molecule has 3 rings (SSSR count). The molecule has 5 heteroatoms. The molecule has 2 amide bonds. The van der Waals surface area contributed by atoms with E-state index in [2.05, 4.69) is 17.4 Å². The van der Waals surface area contributed by atoms with Gasteiger partial charge in [0.05, 0.1) is 0 Å². The fourth-order valence-electron chi connectivity index (χ4n) is 3.25. The van der Waals surface area contributed by atoms with Crippen LogP contribution in [0.2, 0.25) is 0 Å². The van der Waals surface area contributed by atoms with Crippen LogP contribution in [0.25, 0.3) is 0 Å². The molecule has 0 unspecified atom stereocenters. The Morgan fingerprint density at radius 2 is 2.00 bits per heavy atom. The van der Waals surface area contributed by atoms with Crippen LogP contribution in [0.1, 0.15) is 44.7 Å². The van der Waals surface area contributed by atoms with Crippen molar-refractivity contribution in [2.24, 2.45) is 0 Å². The standard InChI is InChI=1S/C18H24N2O3/c1-18(2,3)23-17(22)19-15-9-10-20(16(15)21)14-8-7-12-5-4-6-13(12)11-14/h7-8,11,15H,4-6,9-10H2,1-3H3,(H,19,22)/t15-/m0/s1. The summed E-state index contributed by atoms with van der Waals surface area (Å²) in [4.78, 5) is 26.2. The van der Waals surface area contributed by atoms with Gasteiger partial charge in [-0.3, -0.25) is 4.79 Å². The number of nitrogens with one attached hydrogen (secondary N) is 1. The highest BCUT2D eigenvalue weighted by molar-refractivity contribution is 6.01. The topological polar surface area (TPSA) is 58.6 Å². The van der Waals surface area contributed by atoms with E-state index in [1.54, 1.807) is 25.7 Å². The molecule has 1 saturated heterocycles. The molecule has 0 aromatic heterocycles. The van der Waals surface area contributed by atoms with Crippen LogP contribution in [0.4, 0.5) is 10.5 Å². The van der Waals surface area contributed by atoms with Gasteiger partial charge in [-0.1, -0.05) is 6.07 Å². The molecule has 1 aromatic carbocycles. The third-order valence-corrected chi connectivity index (χ3v) is 4.29. The van der Waals surface area contributed by atoms with Crippen LogP contribution in [0.15, 0.2) is 18.2 Å². The maximum atomic E-state index is 12.6. The average Bonchev–Trinajstić information content (AvgIpc) is 3.03. The smallest absolute Gasteiger partial charge is 0.408 e. The zero-order chi connectivity index (χ0) is 16.6. The quantitative estimate of drug-likeness (QED) is 0.913. The predicted octanol–water partition coefficient (Wildman–Crippen LogP) is 2.81. The summed E-state index contributed by atoms with van der Waals surface area (Å²) in [5.41, 5.74) is 3.11. The number of hydrogen-bond acceptors (Lipinski definition) is 3. The molecule has 0 spiro atoms. The van der Waals surface area contributed by atoms with Gasteiger partial charge in [-0.05, 0) is 69.7 Å². The molecule has 1 heterocycles. The second kappa shape index (κ2) is 5.87. The molecule has 1 N–H and O–H groups in total. The molecule has 0 bridgehead atoms. The number of aryl methyl sites for hydroxylation is 2. The van der Waals surface area contributed by atoms with Gasteiger partial charge < -0.3 is 15.0 Å². The van der Waals surface area contributed by atoms with Gasteiger partial charge in [0.25, 0.3) is 0 Å². The highest BCUT2D eigenvalue weighted by Crippen LogP contribution is 2.29. The monoisotopic (exact) mass is 316 g/mol. The molecular weight excluding hydrogens is 292 g/mol. The van der Waals surface area contributed by atoms with Crippen molar-refractivity contribution in [3.05, 3.63) is 29.3 Å². The summed E-state index contributed by atoms with van der Waals surface area (Å²) in [5, 5.41) is 2.68. The Bertz CT molecular complexity index is 634. The number of alkyl carbamates (subject to hydrolysis) is 1. The molecule has 124 valence electrons. The van der Waals surface area contributed by atoms with E-state index in [4.69, 9.17) is 4.74 Å². The van der Waals surface area contributed by atoms with Gasteiger partial charge in [0, 0.05) is 12.2 Å². The summed E-state index contributed by atoms with van der Waals surface area (Å²) < 4.78 is 5.23. The van der Waals surface area contributed by atoms with Crippen molar-refractivity contribution in [1.82, 2.24) is 5.32 Å². The van der Waals surface area contributed by atoms with Crippen molar-refractivity contribution in [3.8, 4) is 0 Å². The molecule has 5 nitrogen and oxygen atoms in total. The van der Waals surface area contributed by atoms with Gasteiger partial charge in [-0.15, -0.1) is 0 Å². The lowest BCUT2D eigenvalue weighted by molar-refractivity contribution is -0.118. The van der Waals surface area contributed by atoms with Crippen LogP contribution in [-0.4, -0.2) is 30.2 Å². The predicted molar refractivity (Wildman–Crippen MR) is 88.6 cm³/mol. The summed E-state index contributed by atoms with van der Waals surface area (Å²) in [5.74, 6) is -0.0613. The molecule has 2 aliphatic rings. The van der Waals surface area contributed by atoms with Crippen LogP contribution in [-0.2, 0) is 22.4 Å². The van der Waals surface area contributed by atoms with E-state index in [-0.39, 0.29) is 5.91 Å². The average molecular weight is 316 g/mol. The normalized spacial score (nSPS) is 20.6. The third kappa shape index (κ3) is 3.49. The zero-order valence-electron chi connectivity index (χ0n) is 14.0. The summed E-state index contributed by atoms with van der Waals surface area (Å²) in [7, 11) is 0. The van der Waals surface area contributed by atoms with Gasteiger partial charge in [0.15, 0.2) is 0 Å². The minimum absolute atomic E-state index is 0.0613. The number of amides is 2. The van der Waals surface area contributed by atoms with Crippen molar-refractivity contribution < 1.29 is 14.3 Å². The lowest BCUT2D eigenvalue weighted by atomic mass is 10.1. The maximum Gasteiger partial charge on any atom is 0.408 e. The second-order valence-corrected chi connectivity index (χ2v) is 7.28. The van der Waals surface area contributed by atoms with E-state index in [1.807, 2.05) is 6.07 Å². The maximum absolute atomic E-state index is 12.6. The van der Waals surface area contributed by atoms with E-state index in [1.165, 1.54) is 17.5 Å². The first kappa shape index (κ1) is 15.8. The van der Waals surface area contributed by atoms with Crippen molar-refractivity contribution in [3.63, 3.8) is 0 Å². The Balaban J connectivity index is 1.66. The fourth-order valence-corrected chi connectivity index (χ4v) is 3.25. The third-order valence-electron chi connectivity index (χ3n) is 4.29. The van der Waals surface area contributed by atoms with Crippen molar-refractivity contribution in [2.45, 2.75) is 58.1 Å². The van der Waals surface area contributed by atoms with Gasteiger partial charge in [0.2, 0.25) is 5.91 Å². The molecule has 0 saturated carbocycles. The lowest BCUT2D eigenvalue weighted by Gasteiger charge is -2.22. The van der Waals surface area contributed by atoms with Gasteiger partial charge in [-0.25, -0.2) is 4.79 Å². The molecule has 1 aliphatic heterocycles. The number of fused-ring (bicyclic) bond motifs is 1. The molecular formula is C18H24N2O3. The first-order valence-corrected chi connectivity index (χ1v) is 8.26. The first-order valence-electron chi connectivity index (χ1n) is 8.26. The Morgan fingerprint density at radius 3 is 2.74 bits per heavy atom. The van der Waals surface area contributed by atoms with E-state index in [0.29, 0.717) is 13.0 Å². The van der Waals surface area contributed by atoms with Crippen molar-refractivity contribution in [1.29, 1.82) is 0 Å². The van der Waals surface area contributed by atoms with E-state index in [0.717, 1.165) is 18.5 Å². The van der Waals surface area contributed by atoms with Crippen LogP contribution in [0.5, 0.6) is 0 Å². The van der Waals surface area contributed by atoms with Gasteiger partial charge in [0.1, 0.15) is 11.6 Å². The number of carbonyl (C=O) groups is 2. The number of ether oxygens (including phenoxy) is 1. The number of anilines is 1. The fraction of sp³-hybridized carbons (Fsp3) is 0.556. The first-order chi connectivity index (χ1) is 10.8. The van der Waals surface area contributed by atoms with Crippen LogP contribution < -0.4 is 10.2 Å². The molecule has 23 heavy (non-hydrogen) atoms. The molecule has 0 radical (unpaired) electrons. The minimum atomic E-state index is -0.564. The molecule has 1 aliphatic carbocycles. The molecule has 1 fully saturated rings. The number of hydrogen-bond donors (Lipinski definition) is 1. The SMILES string of the molecule is CC(C)(C)OC(=O)N[C@H]1CCN(c2ccc3c(c2)CCC3)C1=O. The van der Waals surface area contributed by atoms with E-state index < -0.39 is 17.7 Å². The Kier molecular flexibility index (Phi) is 4.04.